The van der Waals surface area contributed by atoms with Gasteiger partial charge in [0.15, 0.2) is 0 Å². The first kappa shape index (κ1) is 15.2. The molecule has 0 unspecified atom stereocenters. The lowest BCUT2D eigenvalue weighted by Gasteiger charge is -2.26. The highest BCUT2D eigenvalue weighted by Crippen LogP contribution is 2.36. The van der Waals surface area contributed by atoms with Crippen molar-refractivity contribution in [1.29, 1.82) is 0 Å². The number of likely N-dealkylation sites (tertiary alicyclic amines) is 1. The number of carbonyl (C=O) groups excluding carboxylic acids is 3. The van der Waals surface area contributed by atoms with Gasteiger partial charge in [-0.2, -0.15) is 0 Å². The zero-order valence-corrected chi connectivity index (χ0v) is 14.0. The second kappa shape index (κ2) is 5.64. The molecule has 4 rings (SSSR count). The maximum absolute atomic E-state index is 12.1. The highest BCUT2D eigenvalue weighted by molar-refractivity contribution is 7.18. The van der Waals surface area contributed by atoms with Gasteiger partial charge in [-0.1, -0.05) is 12.1 Å². The molecule has 1 aromatic heterocycles. The Morgan fingerprint density at radius 3 is 2.71 bits per heavy atom. The third kappa shape index (κ3) is 2.30. The predicted octanol–water partition coefficient (Wildman–Crippen LogP) is 1.81. The number of para-hydroxylation sites is 1. The van der Waals surface area contributed by atoms with Gasteiger partial charge in [-0.25, -0.2) is 14.7 Å². The van der Waals surface area contributed by atoms with Crippen molar-refractivity contribution >= 4 is 39.4 Å². The van der Waals surface area contributed by atoms with E-state index in [2.05, 4.69) is 4.90 Å². The summed E-state index contributed by atoms with van der Waals surface area (Å²) in [7, 11) is 1.33. The molecule has 0 aliphatic carbocycles. The molecule has 0 spiro atoms. The lowest BCUT2D eigenvalue weighted by molar-refractivity contribution is -0.143. The summed E-state index contributed by atoms with van der Waals surface area (Å²) in [5, 5.41) is 0.993. The van der Waals surface area contributed by atoms with Crippen LogP contribution < -0.4 is 0 Å². The minimum atomic E-state index is -0.768. The van der Waals surface area contributed by atoms with Crippen LogP contribution in [0.5, 0.6) is 0 Å². The number of urea groups is 1. The number of fused-ring (bicyclic) bond motifs is 1. The fourth-order valence-corrected chi connectivity index (χ4v) is 4.36. The molecule has 1 aromatic carbocycles. The molecule has 1 atom stereocenters. The molecule has 2 aliphatic rings. The van der Waals surface area contributed by atoms with Crippen LogP contribution in [-0.4, -0.2) is 57.8 Å². The average molecular weight is 344 g/mol. The van der Waals surface area contributed by atoms with Crippen molar-refractivity contribution in [3.05, 3.63) is 29.3 Å². The van der Waals surface area contributed by atoms with Gasteiger partial charge in [0, 0.05) is 13.6 Å². The number of hydrogen-bond acceptors (Lipinski definition) is 6. The fraction of sp³-hybridized carbons (Fsp3) is 0.375. The summed E-state index contributed by atoms with van der Waals surface area (Å²) in [6.45, 7) is 0.907. The summed E-state index contributed by atoms with van der Waals surface area (Å²) in [6.07, 6.45) is 1.90. The van der Waals surface area contributed by atoms with Gasteiger partial charge in [0.05, 0.1) is 22.9 Å². The molecular weight excluding hydrogens is 328 g/mol. The maximum atomic E-state index is 12.1. The van der Waals surface area contributed by atoms with Crippen LogP contribution in [0.1, 0.15) is 23.9 Å². The lowest BCUT2D eigenvalue weighted by atomic mass is 10.2. The zero-order chi connectivity index (χ0) is 16.8. The predicted molar refractivity (Wildman–Crippen MR) is 88.2 cm³/mol. The van der Waals surface area contributed by atoms with E-state index in [1.165, 1.54) is 7.05 Å². The van der Waals surface area contributed by atoms with Crippen LogP contribution in [0.3, 0.4) is 0 Å². The minimum absolute atomic E-state index is 0.0732. The third-order valence-electron chi connectivity index (χ3n) is 4.53. The van der Waals surface area contributed by atoms with Gasteiger partial charge < -0.3 is 0 Å². The van der Waals surface area contributed by atoms with Crippen molar-refractivity contribution in [2.45, 2.75) is 18.9 Å². The molecule has 124 valence electrons. The molecule has 3 heterocycles. The molecule has 0 bridgehead atoms. The maximum Gasteiger partial charge on any atom is 0.335 e. The van der Waals surface area contributed by atoms with Gasteiger partial charge in [-0.15, -0.1) is 11.3 Å². The van der Waals surface area contributed by atoms with Crippen LogP contribution in [-0.2, 0) is 9.59 Å². The Kier molecular flexibility index (Phi) is 3.58. The second-order valence-corrected chi connectivity index (χ2v) is 7.07. The van der Waals surface area contributed by atoms with E-state index in [4.69, 9.17) is 4.98 Å². The van der Waals surface area contributed by atoms with E-state index >= 15 is 0 Å². The van der Waals surface area contributed by atoms with Crippen molar-refractivity contribution in [3.8, 4) is 0 Å². The van der Waals surface area contributed by atoms with Gasteiger partial charge >= 0.3 is 17.8 Å². The van der Waals surface area contributed by atoms with Gasteiger partial charge in [-0.3, -0.25) is 19.4 Å². The molecule has 2 fully saturated rings. The number of aromatic nitrogens is 1. The van der Waals surface area contributed by atoms with E-state index in [1.807, 2.05) is 24.3 Å². The number of amides is 4. The quantitative estimate of drug-likeness (QED) is 0.627. The van der Waals surface area contributed by atoms with E-state index < -0.39 is 17.8 Å². The minimum Gasteiger partial charge on any atom is -0.276 e. The molecule has 8 heteroatoms. The Hall–Kier alpha value is -2.32. The van der Waals surface area contributed by atoms with Crippen LogP contribution in [0.2, 0.25) is 0 Å². The standard InChI is InChI=1S/C16H16N4O3S/c1-18-14(21)15(22)20(16(18)23)9-19-8-4-6-11(19)13-17-10-5-2-3-7-12(10)24-13/h2-3,5,7,11H,4,6,8-9H2,1H3/t11-/m0/s1. The molecule has 2 aromatic rings. The molecule has 7 nitrogen and oxygen atoms in total. The van der Waals surface area contributed by atoms with Crippen LogP contribution in [0.25, 0.3) is 10.2 Å². The van der Waals surface area contributed by atoms with Crippen LogP contribution in [0, 0.1) is 0 Å². The zero-order valence-electron chi connectivity index (χ0n) is 13.1. The first-order valence-corrected chi connectivity index (χ1v) is 8.61. The highest BCUT2D eigenvalue weighted by Gasteiger charge is 2.44. The topological polar surface area (TPSA) is 73.8 Å². The molecular formula is C16H16N4O3S. The SMILES string of the molecule is CN1C(=O)C(=O)N(CN2CCC[C@H]2c2nc3ccccc3s2)C1=O. The highest BCUT2D eigenvalue weighted by atomic mass is 32.1. The van der Waals surface area contributed by atoms with Gasteiger partial charge in [0.2, 0.25) is 0 Å². The van der Waals surface area contributed by atoms with Crippen LogP contribution in [0.4, 0.5) is 4.79 Å². The summed E-state index contributed by atoms with van der Waals surface area (Å²) in [5.74, 6) is -1.52. The van der Waals surface area contributed by atoms with E-state index in [-0.39, 0.29) is 12.7 Å². The average Bonchev–Trinajstić information content (AvgIpc) is 3.26. The largest absolute Gasteiger partial charge is 0.335 e. The Labute approximate surface area is 142 Å². The second-order valence-electron chi connectivity index (χ2n) is 6.01. The van der Waals surface area contributed by atoms with E-state index in [1.54, 1.807) is 11.3 Å². The summed E-state index contributed by atoms with van der Waals surface area (Å²) >= 11 is 1.64. The van der Waals surface area contributed by atoms with Crippen LogP contribution in [0.15, 0.2) is 24.3 Å². The van der Waals surface area contributed by atoms with E-state index in [0.717, 1.165) is 44.4 Å². The van der Waals surface area contributed by atoms with Crippen molar-refractivity contribution in [2.24, 2.45) is 0 Å². The van der Waals surface area contributed by atoms with Gasteiger partial charge in [-0.05, 0) is 25.0 Å². The number of thiazole rings is 1. The summed E-state index contributed by atoms with van der Waals surface area (Å²) in [4.78, 5) is 44.3. The Morgan fingerprint density at radius 2 is 2.00 bits per heavy atom. The smallest absolute Gasteiger partial charge is 0.276 e. The molecule has 2 aliphatic heterocycles. The first-order valence-electron chi connectivity index (χ1n) is 7.79. The van der Waals surface area contributed by atoms with Crippen molar-refractivity contribution in [3.63, 3.8) is 0 Å². The number of likely N-dealkylation sites (N-methyl/N-ethyl adjacent to an activating group) is 1. The number of benzene rings is 1. The van der Waals surface area contributed by atoms with Crippen molar-refractivity contribution in [2.75, 3.05) is 20.3 Å². The number of rotatable bonds is 3. The summed E-state index contributed by atoms with van der Waals surface area (Å²) in [6, 6.07) is 7.48. The first-order chi connectivity index (χ1) is 11.6. The Balaban J connectivity index is 1.58. The van der Waals surface area contributed by atoms with Crippen molar-refractivity contribution < 1.29 is 14.4 Å². The summed E-state index contributed by atoms with van der Waals surface area (Å²) < 4.78 is 1.13. The molecule has 0 N–H and O–H groups in total. The summed E-state index contributed by atoms with van der Waals surface area (Å²) in [5.41, 5.74) is 0.965. The number of hydrogen-bond donors (Lipinski definition) is 0. The lowest BCUT2D eigenvalue weighted by Crippen LogP contribution is -2.41. The monoisotopic (exact) mass is 344 g/mol. The van der Waals surface area contributed by atoms with E-state index in [0.29, 0.717) is 0 Å². The molecule has 0 radical (unpaired) electrons. The number of nitrogens with zero attached hydrogens (tertiary/aromatic N) is 4. The number of imide groups is 2. The van der Waals surface area contributed by atoms with Crippen LogP contribution >= 0.6 is 11.3 Å². The van der Waals surface area contributed by atoms with Crippen molar-refractivity contribution in [1.82, 2.24) is 19.7 Å². The molecule has 0 saturated carbocycles. The normalized spacial score (nSPS) is 22.4. The van der Waals surface area contributed by atoms with Gasteiger partial charge in [0.1, 0.15) is 5.01 Å². The molecule has 24 heavy (non-hydrogen) atoms. The fourth-order valence-electron chi connectivity index (χ4n) is 3.23. The Bertz CT molecular complexity index is 816. The molecule has 4 amide bonds. The number of carbonyl (C=O) groups is 3. The Morgan fingerprint density at radius 1 is 1.21 bits per heavy atom. The third-order valence-corrected chi connectivity index (χ3v) is 5.67. The molecule has 2 saturated heterocycles. The van der Waals surface area contributed by atoms with Gasteiger partial charge in [0.25, 0.3) is 0 Å². The van der Waals surface area contributed by atoms with E-state index in [9.17, 15) is 14.4 Å².